The number of nitrogens with two attached hydrogens (primary N) is 1. The molecule has 0 radical (unpaired) electrons. The highest BCUT2D eigenvalue weighted by Gasteiger charge is 2.20. The van der Waals surface area contributed by atoms with E-state index in [0.717, 1.165) is 12.1 Å². The molecule has 0 aliphatic rings. The lowest BCUT2D eigenvalue weighted by molar-refractivity contribution is 0.544. The lowest BCUT2D eigenvalue weighted by Gasteiger charge is -2.12. The molecule has 4 nitrogen and oxygen atoms in total. The lowest BCUT2D eigenvalue weighted by atomic mass is 10.3. The van der Waals surface area contributed by atoms with Crippen molar-refractivity contribution in [3.63, 3.8) is 0 Å². The van der Waals surface area contributed by atoms with Gasteiger partial charge < -0.3 is 5.73 Å². The first-order valence-corrected chi connectivity index (χ1v) is 6.40. The van der Waals surface area contributed by atoms with Crippen molar-refractivity contribution in [2.75, 3.05) is 6.54 Å². The Morgan fingerprint density at radius 1 is 1.56 bits per heavy atom. The minimum Gasteiger partial charge on any atom is -0.329 e. The summed E-state index contributed by atoms with van der Waals surface area (Å²) in [5, 5.41) is 0.142. The zero-order chi connectivity index (χ0) is 12.3. The van der Waals surface area contributed by atoms with E-state index in [-0.39, 0.29) is 11.6 Å². The standard InChI is InChI=1S/C9H12ClFN2O2S/c1-6(5-12)13-16(14,15)9-3-2-7(10)4-8(9)11/h2-4,6,13H,5,12H2,1H3/t6-/m1/s1. The summed E-state index contributed by atoms with van der Waals surface area (Å²) in [6.45, 7) is 1.72. The molecule has 0 saturated carbocycles. The minimum atomic E-state index is -3.88. The molecule has 0 unspecified atom stereocenters. The third kappa shape index (κ3) is 3.15. The van der Waals surface area contributed by atoms with E-state index < -0.39 is 26.8 Å². The van der Waals surface area contributed by atoms with Gasteiger partial charge in [0.2, 0.25) is 10.0 Å². The van der Waals surface area contributed by atoms with Crippen molar-refractivity contribution in [3.05, 3.63) is 29.0 Å². The second kappa shape index (κ2) is 5.09. The van der Waals surface area contributed by atoms with E-state index >= 15 is 0 Å². The van der Waals surface area contributed by atoms with Crippen LogP contribution in [-0.2, 0) is 10.0 Å². The van der Waals surface area contributed by atoms with Gasteiger partial charge in [-0.25, -0.2) is 17.5 Å². The predicted octanol–water partition coefficient (Wildman–Crippen LogP) is 1.10. The Morgan fingerprint density at radius 3 is 2.69 bits per heavy atom. The van der Waals surface area contributed by atoms with Crippen LogP contribution in [-0.4, -0.2) is 21.0 Å². The topological polar surface area (TPSA) is 72.2 Å². The summed E-state index contributed by atoms with van der Waals surface area (Å²) in [6.07, 6.45) is 0. The summed E-state index contributed by atoms with van der Waals surface area (Å²) in [4.78, 5) is -0.433. The smallest absolute Gasteiger partial charge is 0.243 e. The SMILES string of the molecule is C[C@H](CN)NS(=O)(=O)c1ccc(Cl)cc1F. The highest BCUT2D eigenvalue weighted by molar-refractivity contribution is 7.89. The van der Waals surface area contributed by atoms with Crippen molar-refractivity contribution in [1.29, 1.82) is 0 Å². The molecule has 0 spiro atoms. The third-order valence-corrected chi connectivity index (χ3v) is 3.75. The van der Waals surface area contributed by atoms with E-state index in [2.05, 4.69) is 4.72 Å². The first kappa shape index (κ1) is 13.4. The van der Waals surface area contributed by atoms with Crippen LogP contribution in [0.2, 0.25) is 5.02 Å². The molecule has 0 fully saturated rings. The van der Waals surface area contributed by atoms with Gasteiger partial charge in [0.1, 0.15) is 10.7 Å². The van der Waals surface area contributed by atoms with Crippen LogP contribution < -0.4 is 10.5 Å². The van der Waals surface area contributed by atoms with Gasteiger partial charge in [0.25, 0.3) is 0 Å². The van der Waals surface area contributed by atoms with Gasteiger partial charge in [-0.1, -0.05) is 11.6 Å². The normalized spacial score (nSPS) is 13.8. The Kier molecular flexibility index (Phi) is 4.26. The van der Waals surface area contributed by atoms with Crippen LogP contribution in [0, 0.1) is 5.82 Å². The summed E-state index contributed by atoms with van der Waals surface area (Å²) in [5.74, 6) is -0.885. The molecule has 3 N–H and O–H groups in total. The fourth-order valence-corrected chi connectivity index (χ4v) is 2.54. The molecule has 90 valence electrons. The van der Waals surface area contributed by atoms with Crippen molar-refractivity contribution in [2.24, 2.45) is 5.73 Å². The first-order chi connectivity index (χ1) is 7.36. The van der Waals surface area contributed by atoms with E-state index in [0.29, 0.717) is 0 Å². The number of nitrogens with one attached hydrogen (secondary N) is 1. The maximum atomic E-state index is 13.4. The molecule has 0 bridgehead atoms. The highest BCUT2D eigenvalue weighted by atomic mass is 35.5. The third-order valence-electron chi connectivity index (χ3n) is 1.89. The maximum absolute atomic E-state index is 13.4. The Balaban J connectivity index is 3.08. The van der Waals surface area contributed by atoms with Crippen LogP contribution >= 0.6 is 11.6 Å². The van der Waals surface area contributed by atoms with Gasteiger partial charge in [0.05, 0.1) is 0 Å². The van der Waals surface area contributed by atoms with Gasteiger partial charge in [-0.15, -0.1) is 0 Å². The van der Waals surface area contributed by atoms with E-state index in [1.165, 1.54) is 6.07 Å². The summed E-state index contributed by atoms with van der Waals surface area (Å²) in [7, 11) is -3.88. The van der Waals surface area contributed by atoms with Gasteiger partial charge in [-0.2, -0.15) is 0 Å². The van der Waals surface area contributed by atoms with Crippen LogP contribution in [0.15, 0.2) is 23.1 Å². The molecule has 1 aromatic rings. The predicted molar refractivity (Wildman–Crippen MR) is 60.2 cm³/mol. The molecule has 0 amide bonds. The van der Waals surface area contributed by atoms with Gasteiger partial charge in [0, 0.05) is 17.6 Å². The van der Waals surface area contributed by atoms with Crippen molar-refractivity contribution in [3.8, 4) is 0 Å². The number of benzene rings is 1. The van der Waals surface area contributed by atoms with E-state index in [4.69, 9.17) is 17.3 Å². The number of sulfonamides is 1. The second-order valence-corrected chi connectivity index (χ2v) is 5.45. The van der Waals surface area contributed by atoms with Crippen molar-refractivity contribution in [2.45, 2.75) is 17.9 Å². The monoisotopic (exact) mass is 266 g/mol. The molecule has 7 heteroatoms. The van der Waals surface area contributed by atoms with Crippen LogP contribution in [0.4, 0.5) is 4.39 Å². The van der Waals surface area contributed by atoms with Crippen molar-refractivity contribution >= 4 is 21.6 Å². The van der Waals surface area contributed by atoms with E-state index in [1.54, 1.807) is 6.92 Å². The Hall–Kier alpha value is -0.690. The summed E-state index contributed by atoms with van der Waals surface area (Å²) >= 11 is 5.52. The number of hydrogen-bond acceptors (Lipinski definition) is 3. The first-order valence-electron chi connectivity index (χ1n) is 4.54. The number of halogens is 2. The average Bonchev–Trinajstić information content (AvgIpc) is 2.16. The average molecular weight is 267 g/mol. The van der Waals surface area contributed by atoms with Gasteiger partial charge >= 0.3 is 0 Å². The number of rotatable bonds is 4. The van der Waals surface area contributed by atoms with E-state index in [1.807, 2.05) is 0 Å². The van der Waals surface area contributed by atoms with Crippen molar-refractivity contribution in [1.82, 2.24) is 4.72 Å². The van der Waals surface area contributed by atoms with Gasteiger partial charge in [-0.3, -0.25) is 0 Å². The molecule has 0 heterocycles. The lowest BCUT2D eigenvalue weighted by Crippen LogP contribution is -2.38. The highest BCUT2D eigenvalue weighted by Crippen LogP contribution is 2.18. The maximum Gasteiger partial charge on any atom is 0.243 e. The Labute approximate surface area is 98.6 Å². The van der Waals surface area contributed by atoms with Crippen LogP contribution in [0.25, 0.3) is 0 Å². The van der Waals surface area contributed by atoms with Crippen LogP contribution in [0.3, 0.4) is 0 Å². The second-order valence-electron chi connectivity index (χ2n) is 3.33. The molecule has 0 saturated heterocycles. The molecule has 1 atom stereocenters. The summed E-state index contributed by atoms with van der Waals surface area (Å²) in [6, 6.07) is 2.92. The zero-order valence-electron chi connectivity index (χ0n) is 8.57. The van der Waals surface area contributed by atoms with Crippen LogP contribution in [0.5, 0.6) is 0 Å². The Bertz CT molecular complexity index is 478. The molecular formula is C9H12ClFN2O2S. The molecule has 0 aliphatic heterocycles. The van der Waals surface area contributed by atoms with Gasteiger partial charge in [0.15, 0.2) is 0 Å². The minimum absolute atomic E-state index is 0.133. The largest absolute Gasteiger partial charge is 0.329 e. The fourth-order valence-electron chi connectivity index (χ4n) is 1.07. The molecule has 1 aromatic carbocycles. The molecular weight excluding hydrogens is 255 g/mol. The fraction of sp³-hybridized carbons (Fsp3) is 0.333. The van der Waals surface area contributed by atoms with Crippen molar-refractivity contribution < 1.29 is 12.8 Å². The molecule has 1 rings (SSSR count). The molecule has 0 aromatic heterocycles. The van der Waals surface area contributed by atoms with E-state index in [9.17, 15) is 12.8 Å². The quantitative estimate of drug-likeness (QED) is 0.857. The van der Waals surface area contributed by atoms with Gasteiger partial charge in [-0.05, 0) is 25.1 Å². The zero-order valence-corrected chi connectivity index (χ0v) is 10.1. The molecule has 0 aliphatic carbocycles. The summed E-state index contributed by atoms with van der Waals surface area (Å²) < 4.78 is 39.0. The Morgan fingerprint density at radius 2 is 2.19 bits per heavy atom. The van der Waals surface area contributed by atoms with Crippen LogP contribution in [0.1, 0.15) is 6.92 Å². The summed E-state index contributed by atoms with van der Waals surface area (Å²) in [5.41, 5.74) is 5.28. The number of hydrogen-bond donors (Lipinski definition) is 2. The molecule has 16 heavy (non-hydrogen) atoms.